The molecule has 1 aliphatic heterocycles. The molecule has 0 aliphatic carbocycles. The quantitative estimate of drug-likeness (QED) is 0.888. The van der Waals surface area contributed by atoms with E-state index in [1.165, 1.54) is 13.3 Å². The number of anilines is 2. The maximum absolute atomic E-state index is 12.6. The molecule has 9 heteroatoms. The van der Waals surface area contributed by atoms with Crippen LogP contribution in [0.1, 0.15) is 23.2 Å². The highest BCUT2D eigenvalue weighted by molar-refractivity contribution is 5.93. The summed E-state index contributed by atoms with van der Waals surface area (Å²) in [5, 5.41) is 6.79. The molecule has 24 heavy (non-hydrogen) atoms. The zero-order chi connectivity index (χ0) is 17.1. The van der Waals surface area contributed by atoms with Crippen molar-refractivity contribution in [2.45, 2.75) is 13.8 Å². The van der Waals surface area contributed by atoms with E-state index in [4.69, 9.17) is 4.52 Å². The van der Waals surface area contributed by atoms with Gasteiger partial charge < -0.3 is 19.6 Å². The Hall–Kier alpha value is -2.97. The Morgan fingerprint density at radius 2 is 1.79 bits per heavy atom. The molecule has 0 radical (unpaired) electrons. The maximum atomic E-state index is 12.6. The van der Waals surface area contributed by atoms with Crippen molar-refractivity contribution in [1.29, 1.82) is 0 Å². The molecule has 3 rings (SSSR count). The molecule has 9 nitrogen and oxygen atoms in total. The topological polar surface area (TPSA) is 104 Å². The van der Waals surface area contributed by atoms with Gasteiger partial charge in [-0.15, -0.1) is 0 Å². The molecule has 1 fully saturated rings. The third-order valence-corrected chi connectivity index (χ3v) is 3.78. The number of carbonyl (C=O) groups excluding carboxylic acids is 2. The Labute approximate surface area is 138 Å². The number of rotatable bonds is 3. The Bertz CT molecular complexity index is 751. The van der Waals surface area contributed by atoms with Crippen molar-refractivity contribution in [2.24, 2.45) is 0 Å². The number of hydrogen-bond donors (Lipinski definition) is 1. The Balaban J connectivity index is 1.67. The van der Waals surface area contributed by atoms with Gasteiger partial charge in [0.05, 0.1) is 0 Å². The van der Waals surface area contributed by atoms with E-state index in [0.717, 1.165) is 0 Å². The predicted octanol–water partition coefficient (Wildman–Crippen LogP) is 0.821. The lowest BCUT2D eigenvalue weighted by molar-refractivity contribution is -0.130. The summed E-state index contributed by atoms with van der Waals surface area (Å²) in [4.78, 5) is 35.4. The van der Waals surface area contributed by atoms with Gasteiger partial charge in [0.25, 0.3) is 5.91 Å². The Morgan fingerprint density at radius 3 is 2.42 bits per heavy atom. The minimum atomic E-state index is -0.181. The monoisotopic (exact) mass is 330 g/mol. The van der Waals surface area contributed by atoms with Gasteiger partial charge in [0.1, 0.15) is 23.6 Å². The number of aryl methyl sites for hydroxylation is 1. The van der Waals surface area contributed by atoms with E-state index in [9.17, 15) is 9.59 Å². The summed E-state index contributed by atoms with van der Waals surface area (Å²) in [5.41, 5.74) is 0.295. The number of nitrogens with one attached hydrogen (secondary N) is 1. The van der Waals surface area contributed by atoms with E-state index >= 15 is 0 Å². The molecule has 0 bridgehead atoms. The molecule has 0 saturated carbocycles. The van der Waals surface area contributed by atoms with E-state index in [2.05, 4.69) is 20.4 Å². The molecule has 0 aromatic carbocycles. The first kappa shape index (κ1) is 15.9. The fraction of sp³-hybridized carbons (Fsp3) is 0.400. The van der Waals surface area contributed by atoms with Gasteiger partial charge in [-0.05, 0) is 6.92 Å². The zero-order valence-corrected chi connectivity index (χ0v) is 13.5. The zero-order valence-electron chi connectivity index (χ0n) is 13.5. The second kappa shape index (κ2) is 6.65. The lowest BCUT2D eigenvalue weighted by Gasteiger charge is -2.34. The highest BCUT2D eigenvalue weighted by Gasteiger charge is 2.24. The number of amides is 2. The molecular formula is C15H18N6O3. The fourth-order valence-electron chi connectivity index (χ4n) is 2.49. The molecule has 0 spiro atoms. The second-order valence-corrected chi connectivity index (χ2v) is 5.53. The molecule has 1 aliphatic rings. The van der Waals surface area contributed by atoms with Gasteiger partial charge in [0, 0.05) is 45.2 Å². The van der Waals surface area contributed by atoms with Crippen LogP contribution in [0.2, 0.25) is 0 Å². The molecule has 2 aromatic rings. The van der Waals surface area contributed by atoms with Crippen LogP contribution in [0.5, 0.6) is 0 Å². The van der Waals surface area contributed by atoms with Gasteiger partial charge in [-0.3, -0.25) is 9.59 Å². The summed E-state index contributed by atoms with van der Waals surface area (Å²) in [6.07, 6.45) is 1.33. The third-order valence-electron chi connectivity index (χ3n) is 3.78. The average Bonchev–Trinajstić information content (AvgIpc) is 2.99. The molecule has 126 valence electrons. The van der Waals surface area contributed by atoms with Crippen molar-refractivity contribution in [3.8, 4) is 0 Å². The number of piperazine rings is 1. The van der Waals surface area contributed by atoms with Crippen molar-refractivity contribution < 1.29 is 14.1 Å². The van der Waals surface area contributed by atoms with Gasteiger partial charge in [0.2, 0.25) is 5.91 Å². The highest BCUT2D eigenvalue weighted by Crippen LogP contribution is 2.15. The molecule has 2 amide bonds. The summed E-state index contributed by atoms with van der Waals surface area (Å²) in [6.45, 7) is 5.38. The van der Waals surface area contributed by atoms with Crippen molar-refractivity contribution in [3.05, 3.63) is 29.9 Å². The molecule has 1 N–H and O–H groups in total. The summed E-state index contributed by atoms with van der Waals surface area (Å²) < 4.78 is 4.98. The summed E-state index contributed by atoms with van der Waals surface area (Å²) in [6, 6.07) is 3.30. The number of aromatic nitrogens is 3. The molecular weight excluding hydrogens is 312 g/mol. The van der Waals surface area contributed by atoms with Gasteiger partial charge in [-0.1, -0.05) is 5.16 Å². The largest absolute Gasteiger partial charge is 0.360 e. The fourth-order valence-corrected chi connectivity index (χ4v) is 2.49. The van der Waals surface area contributed by atoms with Crippen molar-refractivity contribution in [2.75, 3.05) is 31.5 Å². The minimum Gasteiger partial charge on any atom is -0.360 e. The van der Waals surface area contributed by atoms with Crippen LogP contribution < -0.4 is 5.32 Å². The first-order valence-corrected chi connectivity index (χ1v) is 7.60. The van der Waals surface area contributed by atoms with Crippen LogP contribution in [0.15, 0.2) is 23.0 Å². The predicted molar refractivity (Wildman–Crippen MR) is 84.7 cm³/mol. The van der Waals surface area contributed by atoms with Gasteiger partial charge >= 0.3 is 0 Å². The average molecular weight is 330 g/mol. The first-order valence-electron chi connectivity index (χ1n) is 7.60. The van der Waals surface area contributed by atoms with Crippen LogP contribution in [-0.2, 0) is 4.79 Å². The summed E-state index contributed by atoms with van der Waals surface area (Å²) in [5.74, 6) is 1.49. The van der Waals surface area contributed by atoms with Crippen LogP contribution >= 0.6 is 0 Å². The lowest BCUT2D eigenvalue weighted by Crippen LogP contribution is -2.50. The molecule has 0 unspecified atom stereocenters. The van der Waals surface area contributed by atoms with Crippen LogP contribution in [0.4, 0.5) is 11.6 Å². The van der Waals surface area contributed by atoms with E-state index in [-0.39, 0.29) is 11.8 Å². The summed E-state index contributed by atoms with van der Waals surface area (Å²) in [7, 11) is 0. The van der Waals surface area contributed by atoms with Crippen molar-refractivity contribution in [1.82, 2.24) is 24.9 Å². The number of hydrogen-bond acceptors (Lipinski definition) is 7. The van der Waals surface area contributed by atoms with Gasteiger partial charge in [-0.2, -0.15) is 0 Å². The normalized spacial score (nSPS) is 14.6. The summed E-state index contributed by atoms with van der Waals surface area (Å²) >= 11 is 0. The number of carbonyl (C=O) groups is 2. The molecule has 2 aromatic heterocycles. The standard InChI is InChI=1S/C15H18N6O3/c1-10-7-14(19-24-10)18-13-8-12(16-9-17-13)15(23)21-5-3-20(4-6-21)11(2)22/h7-9H,3-6H2,1-2H3,(H,16,17,18,19). The number of nitrogens with zero attached hydrogens (tertiary/aromatic N) is 5. The first-order chi connectivity index (χ1) is 11.5. The maximum Gasteiger partial charge on any atom is 0.272 e. The van der Waals surface area contributed by atoms with Crippen molar-refractivity contribution in [3.63, 3.8) is 0 Å². The van der Waals surface area contributed by atoms with Crippen molar-refractivity contribution >= 4 is 23.5 Å². The lowest BCUT2D eigenvalue weighted by atomic mass is 10.2. The smallest absolute Gasteiger partial charge is 0.272 e. The SMILES string of the molecule is CC(=O)N1CCN(C(=O)c2cc(Nc3cc(C)on3)ncn2)CC1. The van der Waals surface area contributed by atoms with E-state index in [0.29, 0.717) is 49.3 Å². The van der Waals surface area contributed by atoms with E-state index in [1.54, 1.807) is 28.9 Å². The van der Waals surface area contributed by atoms with Gasteiger partial charge in [-0.25, -0.2) is 9.97 Å². The van der Waals surface area contributed by atoms with Crippen LogP contribution in [0.3, 0.4) is 0 Å². The molecule has 0 atom stereocenters. The van der Waals surface area contributed by atoms with E-state index in [1.807, 2.05) is 0 Å². The Morgan fingerprint density at radius 1 is 1.08 bits per heavy atom. The highest BCUT2D eigenvalue weighted by atomic mass is 16.5. The molecule has 1 saturated heterocycles. The minimum absolute atomic E-state index is 0.0264. The van der Waals surface area contributed by atoms with Crippen LogP contribution in [0, 0.1) is 6.92 Å². The third kappa shape index (κ3) is 3.50. The molecule has 3 heterocycles. The van der Waals surface area contributed by atoms with Crippen LogP contribution in [-0.4, -0.2) is 62.9 Å². The van der Waals surface area contributed by atoms with Crippen LogP contribution in [0.25, 0.3) is 0 Å². The van der Waals surface area contributed by atoms with E-state index < -0.39 is 0 Å². The van der Waals surface area contributed by atoms with Gasteiger partial charge in [0.15, 0.2) is 5.82 Å². The Kier molecular flexibility index (Phi) is 4.41. The second-order valence-electron chi connectivity index (χ2n) is 5.53.